The SMILES string of the molecule is CC[Si](CC)(CC)O[C@H]1C(=O)N(C(=O)OCCOC)[C@H]1c1cccs1. The predicted molar refractivity (Wildman–Crippen MR) is 99.2 cm³/mol. The Kier molecular flexibility index (Phi) is 7.18. The highest BCUT2D eigenvalue weighted by atomic mass is 32.1. The Hall–Kier alpha value is -1.22. The Bertz CT molecular complexity index is 567. The van der Waals surface area contributed by atoms with Crippen LogP contribution in [0.15, 0.2) is 17.5 Å². The highest BCUT2D eigenvalue weighted by Crippen LogP contribution is 2.42. The van der Waals surface area contributed by atoms with Gasteiger partial charge < -0.3 is 13.9 Å². The first kappa shape index (κ1) is 20.1. The number of thiophene rings is 1. The first-order valence-electron chi connectivity index (χ1n) is 8.73. The summed E-state index contributed by atoms with van der Waals surface area (Å²) in [5.74, 6) is -0.298. The van der Waals surface area contributed by atoms with E-state index in [-0.39, 0.29) is 18.6 Å². The zero-order chi connectivity index (χ0) is 18.4. The van der Waals surface area contributed by atoms with Crippen molar-refractivity contribution in [3.63, 3.8) is 0 Å². The molecule has 2 rings (SSSR count). The van der Waals surface area contributed by atoms with Crippen LogP contribution in [-0.2, 0) is 18.7 Å². The summed E-state index contributed by atoms with van der Waals surface area (Å²) >= 11 is 1.52. The van der Waals surface area contributed by atoms with Gasteiger partial charge in [-0.15, -0.1) is 11.3 Å². The summed E-state index contributed by atoms with van der Waals surface area (Å²) < 4.78 is 16.4. The predicted octanol–water partition coefficient (Wildman–Crippen LogP) is 3.80. The number of methoxy groups -OCH3 is 1. The molecule has 1 aliphatic rings. The van der Waals surface area contributed by atoms with Crippen LogP contribution in [0, 0.1) is 0 Å². The molecule has 8 heteroatoms. The van der Waals surface area contributed by atoms with E-state index in [1.807, 2.05) is 17.5 Å². The van der Waals surface area contributed by atoms with Crippen molar-refractivity contribution in [3.05, 3.63) is 22.4 Å². The number of carbonyl (C=O) groups excluding carboxylic acids is 2. The van der Waals surface area contributed by atoms with E-state index < -0.39 is 20.5 Å². The fourth-order valence-corrected chi connectivity index (χ4v) is 6.68. The first-order chi connectivity index (χ1) is 12.0. The second kappa shape index (κ2) is 8.93. The summed E-state index contributed by atoms with van der Waals surface area (Å²) in [6.07, 6.45) is -1.21. The molecule has 1 saturated heterocycles. The first-order valence-corrected chi connectivity index (χ1v) is 12.1. The normalized spacial score (nSPS) is 20.5. The molecule has 0 aromatic carbocycles. The number of amides is 2. The highest BCUT2D eigenvalue weighted by Gasteiger charge is 2.55. The Morgan fingerprint density at radius 1 is 1.24 bits per heavy atom. The van der Waals surface area contributed by atoms with Crippen LogP contribution in [0.1, 0.15) is 31.7 Å². The van der Waals surface area contributed by atoms with Crippen LogP contribution < -0.4 is 0 Å². The van der Waals surface area contributed by atoms with Gasteiger partial charge in [0.15, 0.2) is 14.4 Å². The summed E-state index contributed by atoms with van der Waals surface area (Å²) in [5, 5.41) is 1.94. The topological polar surface area (TPSA) is 65.1 Å². The number of hydrogen-bond donors (Lipinski definition) is 0. The molecular weight excluding hydrogens is 358 g/mol. The van der Waals surface area contributed by atoms with Crippen molar-refractivity contribution in [1.29, 1.82) is 0 Å². The van der Waals surface area contributed by atoms with Crippen LogP contribution in [0.5, 0.6) is 0 Å². The number of nitrogens with zero attached hydrogens (tertiary/aromatic N) is 1. The maximum atomic E-state index is 12.7. The second-order valence-corrected chi connectivity index (χ2v) is 11.8. The van der Waals surface area contributed by atoms with Crippen molar-refractivity contribution in [2.45, 2.75) is 51.0 Å². The molecule has 2 heterocycles. The summed E-state index contributed by atoms with van der Waals surface area (Å²) in [5.41, 5.74) is 0. The number of carbonyl (C=O) groups is 2. The van der Waals surface area contributed by atoms with E-state index in [9.17, 15) is 9.59 Å². The molecule has 2 amide bonds. The van der Waals surface area contributed by atoms with Crippen molar-refractivity contribution < 1.29 is 23.5 Å². The number of ether oxygens (including phenoxy) is 2. The minimum absolute atomic E-state index is 0.124. The summed E-state index contributed by atoms with van der Waals surface area (Å²) in [7, 11) is -0.424. The average molecular weight is 386 g/mol. The lowest BCUT2D eigenvalue weighted by atomic mass is 9.97. The van der Waals surface area contributed by atoms with E-state index >= 15 is 0 Å². The summed E-state index contributed by atoms with van der Waals surface area (Å²) in [6, 6.07) is 6.33. The van der Waals surface area contributed by atoms with Crippen molar-refractivity contribution in [2.75, 3.05) is 20.3 Å². The molecule has 0 radical (unpaired) electrons. The number of likely N-dealkylation sites (tertiary alicyclic amines) is 1. The Balaban J connectivity index is 2.18. The number of rotatable bonds is 9. The molecule has 0 saturated carbocycles. The van der Waals surface area contributed by atoms with Gasteiger partial charge in [0, 0.05) is 12.0 Å². The lowest BCUT2D eigenvalue weighted by molar-refractivity contribution is -0.160. The Morgan fingerprint density at radius 2 is 1.92 bits per heavy atom. The van der Waals surface area contributed by atoms with E-state index in [0.717, 1.165) is 23.0 Å². The maximum Gasteiger partial charge on any atom is 0.417 e. The third-order valence-corrected chi connectivity index (χ3v) is 10.5. The zero-order valence-corrected chi connectivity index (χ0v) is 17.1. The maximum absolute atomic E-state index is 12.7. The molecule has 6 nitrogen and oxygen atoms in total. The van der Waals surface area contributed by atoms with E-state index in [1.165, 1.54) is 23.3 Å². The van der Waals surface area contributed by atoms with E-state index in [0.29, 0.717) is 6.61 Å². The molecule has 0 bridgehead atoms. The quantitative estimate of drug-likeness (QED) is 0.367. The van der Waals surface area contributed by atoms with Gasteiger partial charge >= 0.3 is 6.09 Å². The van der Waals surface area contributed by atoms with Crippen LogP contribution in [-0.4, -0.2) is 51.6 Å². The van der Waals surface area contributed by atoms with Gasteiger partial charge in [0.25, 0.3) is 5.91 Å². The molecule has 140 valence electrons. The van der Waals surface area contributed by atoms with Gasteiger partial charge in [-0.2, -0.15) is 0 Å². The fraction of sp³-hybridized carbons (Fsp3) is 0.647. The summed E-state index contributed by atoms with van der Waals surface area (Å²) in [6.45, 7) is 6.80. The Morgan fingerprint density at radius 3 is 2.44 bits per heavy atom. The number of imide groups is 1. The number of β-lactam (4-membered cyclic amide) rings is 1. The van der Waals surface area contributed by atoms with Crippen molar-refractivity contribution in [3.8, 4) is 0 Å². The van der Waals surface area contributed by atoms with E-state index in [4.69, 9.17) is 13.9 Å². The van der Waals surface area contributed by atoms with Gasteiger partial charge in [-0.1, -0.05) is 26.8 Å². The second-order valence-electron chi connectivity index (χ2n) is 6.06. The molecule has 0 spiro atoms. The number of hydrogen-bond acceptors (Lipinski definition) is 6. The lowest BCUT2D eigenvalue weighted by Gasteiger charge is -2.47. The third kappa shape index (κ3) is 4.13. The molecule has 1 aliphatic heterocycles. The van der Waals surface area contributed by atoms with Gasteiger partial charge in [0.2, 0.25) is 0 Å². The third-order valence-electron chi connectivity index (χ3n) is 4.90. The average Bonchev–Trinajstić information content (AvgIpc) is 3.15. The summed E-state index contributed by atoms with van der Waals surface area (Å²) in [4.78, 5) is 27.1. The smallest absolute Gasteiger partial charge is 0.417 e. The molecule has 2 atom stereocenters. The van der Waals surface area contributed by atoms with Crippen LogP contribution >= 0.6 is 11.3 Å². The van der Waals surface area contributed by atoms with Crippen LogP contribution in [0.4, 0.5) is 4.79 Å². The minimum Gasteiger partial charge on any atom is -0.447 e. The van der Waals surface area contributed by atoms with Gasteiger partial charge in [0.05, 0.1) is 6.61 Å². The Labute approximate surface area is 154 Å². The van der Waals surface area contributed by atoms with Crippen molar-refractivity contribution >= 4 is 31.7 Å². The van der Waals surface area contributed by atoms with Crippen LogP contribution in [0.3, 0.4) is 0 Å². The largest absolute Gasteiger partial charge is 0.447 e. The lowest BCUT2D eigenvalue weighted by Crippen LogP contribution is -2.64. The molecule has 0 aliphatic carbocycles. The molecule has 1 fully saturated rings. The molecule has 0 N–H and O–H groups in total. The van der Waals surface area contributed by atoms with Crippen LogP contribution in [0.2, 0.25) is 18.1 Å². The van der Waals surface area contributed by atoms with Crippen molar-refractivity contribution in [1.82, 2.24) is 4.90 Å². The highest BCUT2D eigenvalue weighted by molar-refractivity contribution is 7.10. The van der Waals surface area contributed by atoms with Gasteiger partial charge in [-0.3, -0.25) is 4.79 Å². The zero-order valence-electron chi connectivity index (χ0n) is 15.3. The van der Waals surface area contributed by atoms with Gasteiger partial charge in [0.1, 0.15) is 12.6 Å². The molecule has 25 heavy (non-hydrogen) atoms. The van der Waals surface area contributed by atoms with Gasteiger partial charge in [-0.05, 0) is 29.6 Å². The van der Waals surface area contributed by atoms with E-state index in [2.05, 4.69) is 20.8 Å². The van der Waals surface area contributed by atoms with Crippen molar-refractivity contribution in [2.24, 2.45) is 0 Å². The van der Waals surface area contributed by atoms with E-state index in [1.54, 1.807) is 0 Å². The fourth-order valence-electron chi connectivity index (χ4n) is 3.07. The molecular formula is C17H27NO5SSi. The standard InChI is InChI=1S/C17H27NO5SSi/c1-5-25(6-2,7-3)23-15-14(13-9-8-12-24-13)18(16(15)19)17(20)22-11-10-21-4/h8-9,12,14-15H,5-7,10-11H2,1-4H3/t14-,15+/m0/s1. The van der Waals surface area contributed by atoms with Gasteiger partial charge in [-0.25, -0.2) is 9.69 Å². The minimum atomic E-state index is -1.96. The molecule has 1 aromatic heterocycles. The monoisotopic (exact) mass is 385 g/mol. The molecule has 1 aromatic rings. The van der Waals surface area contributed by atoms with Crippen LogP contribution in [0.25, 0.3) is 0 Å². The molecule has 0 unspecified atom stereocenters.